The lowest BCUT2D eigenvalue weighted by molar-refractivity contribution is 0.824. The first-order chi connectivity index (χ1) is 17.7. The molecule has 0 radical (unpaired) electrons. The van der Waals surface area contributed by atoms with E-state index in [4.69, 9.17) is 0 Å². The minimum atomic E-state index is 0. The Morgan fingerprint density at radius 1 is 0.513 bits per heavy atom. The topological polar surface area (TPSA) is 66.1 Å². The first-order valence-corrected chi connectivity index (χ1v) is 12.6. The van der Waals surface area contributed by atoms with Crippen molar-refractivity contribution in [3.05, 3.63) is 144 Å². The summed E-state index contributed by atoms with van der Waals surface area (Å²) in [5, 5.41) is 0. The molecule has 0 saturated heterocycles. The van der Waals surface area contributed by atoms with Crippen molar-refractivity contribution < 1.29 is 5.48 Å². The van der Waals surface area contributed by atoms with Gasteiger partial charge in [0.15, 0.2) is 0 Å². The van der Waals surface area contributed by atoms with Crippen LogP contribution in [0.3, 0.4) is 0 Å². The molecule has 2 N–H and O–H groups in total. The maximum atomic E-state index is 4.37. The Labute approximate surface area is 242 Å². The second-order valence-corrected chi connectivity index (χ2v) is 9.16. The van der Waals surface area contributed by atoms with Gasteiger partial charge in [-0.1, -0.05) is 72.8 Å². The molecule has 0 bridgehead atoms. The van der Waals surface area contributed by atoms with Gasteiger partial charge in [0.1, 0.15) is 11.6 Å². The Kier molecular flexibility index (Phi) is 12.2. The molecule has 7 heteroatoms. The number of halogens is 2. The first-order valence-electron chi connectivity index (χ1n) is 12.6. The molecule has 6 rings (SSSR count). The predicted molar refractivity (Wildman–Crippen MR) is 166 cm³/mol. The van der Waals surface area contributed by atoms with Crippen LogP contribution in [0.25, 0.3) is 11.0 Å². The SMILES string of the molecule is Cc1ncc2c(CCc3ccccc3)cccn12.Cc1ncc2c(CCc3ccccc3)cccn12.Cl.Cl.O. The standard InChI is InChI=1S/2C16H16N2.2ClH.H2O/c2*1-13-17-12-16-15(8-5-11-18(13)16)10-9-14-6-3-2-4-7-14;;;/h2*2-8,11-12H,9-10H2,1H3;2*1H;1H2. The highest BCUT2D eigenvalue weighted by Gasteiger charge is 2.05. The minimum Gasteiger partial charge on any atom is -0.412 e. The zero-order valence-electron chi connectivity index (χ0n) is 22.3. The van der Waals surface area contributed by atoms with Crippen LogP contribution in [0.4, 0.5) is 0 Å². The second-order valence-electron chi connectivity index (χ2n) is 9.16. The first kappa shape index (κ1) is 31.6. The van der Waals surface area contributed by atoms with Crippen molar-refractivity contribution >= 4 is 35.8 Å². The van der Waals surface area contributed by atoms with E-state index >= 15 is 0 Å². The van der Waals surface area contributed by atoms with Crippen molar-refractivity contribution in [1.82, 2.24) is 18.8 Å². The molecule has 0 saturated carbocycles. The molecule has 204 valence electrons. The highest BCUT2D eigenvalue weighted by molar-refractivity contribution is 5.85. The molecule has 0 aliphatic rings. The quantitative estimate of drug-likeness (QED) is 0.222. The molecule has 0 fully saturated rings. The third kappa shape index (κ3) is 7.70. The monoisotopic (exact) mass is 562 g/mol. The zero-order chi connectivity index (χ0) is 24.7. The van der Waals surface area contributed by atoms with E-state index in [1.807, 2.05) is 26.2 Å². The number of hydrogen-bond donors (Lipinski definition) is 0. The summed E-state index contributed by atoms with van der Waals surface area (Å²) >= 11 is 0. The number of aryl methyl sites for hydroxylation is 6. The van der Waals surface area contributed by atoms with Gasteiger partial charge in [0.2, 0.25) is 0 Å². The van der Waals surface area contributed by atoms with Crippen molar-refractivity contribution in [2.45, 2.75) is 39.5 Å². The molecule has 2 aromatic carbocycles. The van der Waals surface area contributed by atoms with Gasteiger partial charge in [0, 0.05) is 12.4 Å². The molecule has 5 nitrogen and oxygen atoms in total. The number of nitrogens with zero attached hydrogens (tertiary/aromatic N) is 4. The van der Waals surface area contributed by atoms with Gasteiger partial charge in [-0.25, -0.2) is 9.97 Å². The van der Waals surface area contributed by atoms with E-state index in [9.17, 15) is 0 Å². The lowest BCUT2D eigenvalue weighted by Crippen LogP contribution is -1.95. The third-order valence-corrected chi connectivity index (χ3v) is 6.74. The Bertz CT molecular complexity index is 1440. The highest BCUT2D eigenvalue weighted by Crippen LogP contribution is 2.16. The van der Waals surface area contributed by atoms with Crippen LogP contribution in [0.15, 0.2) is 110 Å². The molecule has 4 aromatic heterocycles. The number of fused-ring (bicyclic) bond motifs is 2. The third-order valence-electron chi connectivity index (χ3n) is 6.74. The molecule has 0 atom stereocenters. The van der Waals surface area contributed by atoms with Gasteiger partial charge < -0.3 is 14.3 Å². The summed E-state index contributed by atoms with van der Waals surface area (Å²) in [5.41, 5.74) is 7.95. The molecular weight excluding hydrogens is 527 g/mol. The Hall–Kier alpha value is -3.64. The normalized spacial score (nSPS) is 10.1. The molecule has 4 heterocycles. The summed E-state index contributed by atoms with van der Waals surface area (Å²) in [6.45, 7) is 4.07. The Balaban J connectivity index is 0.000000254. The summed E-state index contributed by atoms with van der Waals surface area (Å²) < 4.78 is 4.31. The van der Waals surface area contributed by atoms with Crippen molar-refractivity contribution in [3.8, 4) is 0 Å². The van der Waals surface area contributed by atoms with E-state index in [0.29, 0.717) is 0 Å². The van der Waals surface area contributed by atoms with Crippen molar-refractivity contribution in [1.29, 1.82) is 0 Å². The van der Waals surface area contributed by atoms with Crippen LogP contribution in [0.1, 0.15) is 33.9 Å². The second kappa shape index (κ2) is 15.1. The fraction of sp³-hybridized carbons (Fsp3) is 0.188. The largest absolute Gasteiger partial charge is 0.412 e. The maximum Gasteiger partial charge on any atom is 0.110 e. The molecule has 0 aliphatic carbocycles. The fourth-order valence-electron chi connectivity index (χ4n) is 4.69. The van der Waals surface area contributed by atoms with Gasteiger partial charge in [0.05, 0.1) is 23.4 Å². The summed E-state index contributed by atoms with van der Waals surface area (Å²) in [7, 11) is 0. The van der Waals surface area contributed by atoms with E-state index in [-0.39, 0.29) is 30.3 Å². The molecular formula is C32H36Cl2N4O. The summed E-state index contributed by atoms with van der Waals surface area (Å²) in [6.07, 6.45) is 12.3. The van der Waals surface area contributed by atoms with Crippen LogP contribution in [-0.4, -0.2) is 24.2 Å². The van der Waals surface area contributed by atoms with Crippen LogP contribution < -0.4 is 0 Å². The number of rotatable bonds is 6. The average molecular weight is 564 g/mol. The highest BCUT2D eigenvalue weighted by atomic mass is 35.5. The Morgan fingerprint density at radius 2 is 0.897 bits per heavy atom. The van der Waals surface area contributed by atoms with Gasteiger partial charge in [0.25, 0.3) is 0 Å². The maximum absolute atomic E-state index is 4.37. The van der Waals surface area contributed by atoms with Crippen molar-refractivity contribution in [3.63, 3.8) is 0 Å². The minimum absolute atomic E-state index is 0. The Morgan fingerprint density at radius 3 is 1.28 bits per heavy atom. The van der Waals surface area contributed by atoms with Gasteiger partial charge in [-0.15, -0.1) is 24.8 Å². The molecule has 39 heavy (non-hydrogen) atoms. The summed E-state index contributed by atoms with van der Waals surface area (Å²) in [5.74, 6) is 2.10. The summed E-state index contributed by atoms with van der Waals surface area (Å²) in [4.78, 5) is 8.75. The fourth-order valence-corrected chi connectivity index (χ4v) is 4.69. The molecule has 0 aliphatic heterocycles. The average Bonchev–Trinajstić information content (AvgIpc) is 3.51. The molecule has 0 unspecified atom stereocenters. The number of imidazole rings is 2. The van der Waals surface area contributed by atoms with Gasteiger partial charge in [-0.05, 0) is 73.9 Å². The number of benzene rings is 2. The van der Waals surface area contributed by atoms with Crippen molar-refractivity contribution in [2.75, 3.05) is 0 Å². The molecule has 0 spiro atoms. The number of hydrogen-bond acceptors (Lipinski definition) is 2. The lowest BCUT2D eigenvalue weighted by Gasteiger charge is -2.05. The van der Waals surface area contributed by atoms with E-state index in [2.05, 4.69) is 116 Å². The van der Waals surface area contributed by atoms with Crippen LogP contribution in [0, 0.1) is 13.8 Å². The molecule has 0 amide bonds. The zero-order valence-corrected chi connectivity index (χ0v) is 24.0. The van der Waals surface area contributed by atoms with Gasteiger partial charge in [-0.2, -0.15) is 0 Å². The van der Waals surface area contributed by atoms with Crippen LogP contribution in [-0.2, 0) is 25.7 Å². The lowest BCUT2D eigenvalue weighted by atomic mass is 10.0. The predicted octanol–water partition coefficient (Wildman–Crippen LogP) is 6.87. The van der Waals surface area contributed by atoms with E-state index in [1.165, 1.54) is 33.3 Å². The van der Waals surface area contributed by atoms with Crippen LogP contribution in [0.5, 0.6) is 0 Å². The molecule has 6 aromatic rings. The van der Waals surface area contributed by atoms with E-state index in [1.54, 1.807) is 0 Å². The van der Waals surface area contributed by atoms with Gasteiger partial charge in [-0.3, -0.25) is 0 Å². The van der Waals surface area contributed by atoms with Gasteiger partial charge >= 0.3 is 0 Å². The smallest absolute Gasteiger partial charge is 0.110 e. The number of pyridine rings is 2. The van der Waals surface area contributed by atoms with E-state index < -0.39 is 0 Å². The van der Waals surface area contributed by atoms with Crippen LogP contribution >= 0.6 is 24.8 Å². The summed E-state index contributed by atoms with van der Waals surface area (Å²) in [6, 6.07) is 29.8. The van der Waals surface area contributed by atoms with E-state index in [0.717, 1.165) is 37.3 Å². The van der Waals surface area contributed by atoms with Crippen LogP contribution in [0.2, 0.25) is 0 Å². The number of aromatic nitrogens is 4. The van der Waals surface area contributed by atoms with Crippen molar-refractivity contribution in [2.24, 2.45) is 0 Å².